The van der Waals surface area contributed by atoms with E-state index in [1.165, 1.54) is 10.9 Å². The number of benzene rings is 2. The summed E-state index contributed by atoms with van der Waals surface area (Å²) in [6, 6.07) is 16.1. The van der Waals surface area contributed by atoms with Crippen LogP contribution in [0.4, 0.5) is 5.69 Å². The van der Waals surface area contributed by atoms with Crippen molar-refractivity contribution in [1.29, 1.82) is 0 Å². The van der Waals surface area contributed by atoms with Gasteiger partial charge in [-0.3, -0.25) is 4.79 Å². The van der Waals surface area contributed by atoms with Gasteiger partial charge in [-0.1, -0.05) is 36.3 Å². The Hall–Kier alpha value is -3.19. The van der Waals surface area contributed by atoms with Crippen LogP contribution in [0.2, 0.25) is 0 Å². The maximum absolute atomic E-state index is 13.1. The highest BCUT2D eigenvalue weighted by Crippen LogP contribution is 2.43. The molecule has 1 unspecified atom stereocenters. The molecule has 2 aromatic carbocycles. The molecule has 3 aromatic rings. The van der Waals surface area contributed by atoms with Gasteiger partial charge < -0.3 is 14.8 Å². The van der Waals surface area contributed by atoms with Crippen molar-refractivity contribution in [2.75, 3.05) is 18.0 Å². The van der Waals surface area contributed by atoms with Crippen molar-refractivity contribution in [3.05, 3.63) is 65.4 Å². The molecule has 0 saturated carbocycles. The summed E-state index contributed by atoms with van der Waals surface area (Å²) in [6.07, 6.45) is 6.35. The Morgan fingerprint density at radius 2 is 1.96 bits per heavy atom. The van der Waals surface area contributed by atoms with Gasteiger partial charge in [-0.15, -0.1) is 6.42 Å². The summed E-state index contributed by atoms with van der Waals surface area (Å²) < 4.78 is 0. The van der Waals surface area contributed by atoms with Crippen molar-refractivity contribution in [2.45, 2.75) is 12.6 Å². The molecule has 2 aliphatic rings. The van der Waals surface area contributed by atoms with Crippen LogP contribution in [-0.4, -0.2) is 28.9 Å². The number of aromatic amines is 1. The van der Waals surface area contributed by atoms with Gasteiger partial charge in [0.1, 0.15) is 6.17 Å². The number of rotatable bonds is 1. The van der Waals surface area contributed by atoms with Crippen molar-refractivity contribution >= 4 is 22.5 Å². The molecule has 4 heteroatoms. The van der Waals surface area contributed by atoms with Crippen LogP contribution in [0.25, 0.3) is 10.9 Å². The summed E-state index contributed by atoms with van der Waals surface area (Å²) >= 11 is 0. The first-order valence-corrected chi connectivity index (χ1v) is 8.49. The first-order valence-electron chi connectivity index (χ1n) is 8.49. The molecule has 0 bridgehead atoms. The third kappa shape index (κ3) is 1.87. The average Bonchev–Trinajstić information content (AvgIpc) is 3.03. The number of aromatic nitrogens is 1. The van der Waals surface area contributed by atoms with E-state index in [4.69, 9.17) is 6.42 Å². The summed E-state index contributed by atoms with van der Waals surface area (Å²) in [7, 11) is 0. The topological polar surface area (TPSA) is 39.3 Å². The molecule has 1 N–H and O–H groups in total. The number of hydrogen-bond acceptors (Lipinski definition) is 2. The summed E-state index contributed by atoms with van der Waals surface area (Å²) in [5.74, 6) is 2.85. The van der Waals surface area contributed by atoms with E-state index >= 15 is 0 Å². The van der Waals surface area contributed by atoms with Gasteiger partial charge in [-0.2, -0.15) is 0 Å². The molecule has 0 aliphatic carbocycles. The van der Waals surface area contributed by atoms with Crippen LogP contribution < -0.4 is 4.90 Å². The van der Waals surface area contributed by atoms with Gasteiger partial charge in [0, 0.05) is 17.4 Å². The monoisotopic (exact) mass is 327 g/mol. The van der Waals surface area contributed by atoms with Crippen LogP contribution in [0.3, 0.4) is 0 Å². The number of carbonyl (C=O) groups excluding carboxylic acids is 1. The summed E-state index contributed by atoms with van der Waals surface area (Å²) in [6.45, 7) is 1.16. The van der Waals surface area contributed by atoms with Crippen molar-refractivity contribution < 1.29 is 4.79 Å². The average molecular weight is 327 g/mol. The molecule has 1 amide bonds. The fourth-order valence-corrected chi connectivity index (χ4v) is 4.22. The zero-order valence-electron chi connectivity index (χ0n) is 13.7. The standard InChI is InChI=1S/C21H17N3O/c1-2-12-23-18-10-6-4-8-16(18)21(25)24-13-11-15-14-7-3-5-9-17(14)22-19(15)20(23)24/h1,3-10,20,22H,11-13H2. The number of terminal acetylenes is 1. The minimum Gasteiger partial charge on any atom is -0.355 e. The highest BCUT2D eigenvalue weighted by atomic mass is 16.2. The van der Waals surface area contributed by atoms with E-state index in [1.807, 2.05) is 35.2 Å². The number of hydrogen-bond donors (Lipinski definition) is 1. The molecule has 0 fully saturated rings. The second kappa shape index (κ2) is 5.15. The van der Waals surface area contributed by atoms with Crippen LogP contribution in [0.1, 0.15) is 27.8 Å². The lowest BCUT2D eigenvalue weighted by Gasteiger charge is -2.47. The lowest BCUT2D eigenvalue weighted by Crippen LogP contribution is -2.52. The lowest BCUT2D eigenvalue weighted by atomic mass is 9.95. The van der Waals surface area contributed by atoms with Crippen LogP contribution in [0.5, 0.6) is 0 Å². The Bertz CT molecular complexity index is 1040. The highest BCUT2D eigenvalue weighted by Gasteiger charge is 2.42. The lowest BCUT2D eigenvalue weighted by molar-refractivity contribution is 0.0631. The smallest absolute Gasteiger partial charge is 0.257 e. The summed E-state index contributed by atoms with van der Waals surface area (Å²) in [5, 5.41) is 1.24. The second-order valence-corrected chi connectivity index (χ2v) is 6.53. The normalized spacial score (nSPS) is 18.5. The van der Waals surface area contributed by atoms with Gasteiger partial charge in [0.2, 0.25) is 0 Å². The predicted octanol–water partition coefficient (Wildman–Crippen LogP) is 3.32. The molecule has 2 aliphatic heterocycles. The van der Waals surface area contributed by atoms with Gasteiger partial charge in [-0.25, -0.2) is 0 Å². The number of nitrogens with zero attached hydrogens (tertiary/aromatic N) is 2. The number of nitrogens with one attached hydrogen (secondary N) is 1. The zero-order valence-corrected chi connectivity index (χ0v) is 13.7. The molecule has 5 rings (SSSR count). The van der Waals surface area contributed by atoms with Crippen LogP contribution in [-0.2, 0) is 6.42 Å². The minimum atomic E-state index is -0.172. The van der Waals surface area contributed by atoms with Gasteiger partial charge in [0.15, 0.2) is 0 Å². The summed E-state index contributed by atoms with van der Waals surface area (Å²) in [4.78, 5) is 20.7. The first-order chi connectivity index (χ1) is 12.3. The molecule has 0 spiro atoms. The van der Waals surface area contributed by atoms with Gasteiger partial charge >= 0.3 is 0 Å². The largest absolute Gasteiger partial charge is 0.355 e. The highest BCUT2D eigenvalue weighted by molar-refractivity contribution is 6.02. The second-order valence-electron chi connectivity index (χ2n) is 6.53. The van der Waals surface area contributed by atoms with Gasteiger partial charge in [-0.05, 0) is 30.2 Å². The zero-order chi connectivity index (χ0) is 17.0. The SMILES string of the molecule is C#CCN1c2ccccc2C(=O)N2CCc3c([nH]c4ccccc34)C21. The van der Waals surface area contributed by atoms with Crippen LogP contribution >= 0.6 is 0 Å². The fraction of sp³-hybridized carbons (Fsp3) is 0.190. The number of amides is 1. The quantitative estimate of drug-likeness (QED) is 0.697. The number of carbonyl (C=O) groups is 1. The molecule has 4 nitrogen and oxygen atoms in total. The van der Waals surface area contributed by atoms with Crippen LogP contribution in [0.15, 0.2) is 48.5 Å². The predicted molar refractivity (Wildman–Crippen MR) is 98.4 cm³/mol. The third-order valence-corrected chi connectivity index (χ3v) is 5.26. The van der Waals surface area contributed by atoms with E-state index in [0.717, 1.165) is 28.9 Å². The number of para-hydroxylation sites is 2. The van der Waals surface area contributed by atoms with E-state index in [1.54, 1.807) is 0 Å². The molecule has 1 atom stereocenters. The molecule has 3 heterocycles. The Labute approximate surface area is 146 Å². The van der Waals surface area contributed by atoms with Crippen molar-refractivity contribution in [3.63, 3.8) is 0 Å². The molecule has 25 heavy (non-hydrogen) atoms. The van der Waals surface area contributed by atoms with Crippen molar-refractivity contribution in [2.24, 2.45) is 0 Å². The van der Waals surface area contributed by atoms with E-state index in [-0.39, 0.29) is 12.1 Å². The summed E-state index contributed by atoms with van der Waals surface area (Å²) in [5.41, 5.74) is 5.14. The molecular weight excluding hydrogens is 310 g/mol. The van der Waals surface area contributed by atoms with Crippen LogP contribution in [0, 0.1) is 12.3 Å². The Kier molecular flexibility index (Phi) is 2.92. The molecule has 122 valence electrons. The first kappa shape index (κ1) is 14.2. The van der Waals surface area contributed by atoms with Crippen molar-refractivity contribution in [1.82, 2.24) is 9.88 Å². The van der Waals surface area contributed by atoms with E-state index in [2.05, 4.69) is 34.0 Å². The van der Waals surface area contributed by atoms with Gasteiger partial charge in [0.05, 0.1) is 23.5 Å². The number of fused-ring (bicyclic) bond motifs is 6. The van der Waals surface area contributed by atoms with E-state index in [0.29, 0.717) is 13.1 Å². The number of H-pyrrole nitrogens is 1. The van der Waals surface area contributed by atoms with E-state index < -0.39 is 0 Å². The Balaban J connectivity index is 1.76. The third-order valence-electron chi connectivity index (χ3n) is 5.26. The molecule has 1 aromatic heterocycles. The maximum Gasteiger partial charge on any atom is 0.257 e. The minimum absolute atomic E-state index is 0.0816. The number of anilines is 1. The fourth-order valence-electron chi connectivity index (χ4n) is 4.22. The molecule has 0 radical (unpaired) electrons. The Morgan fingerprint density at radius 3 is 2.84 bits per heavy atom. The van der Waals surface area contributed by atoms with E-state index in [9.17, 15) is 4.79 Å². The Morgan fingerprint density at radius 1 is 1.16 bits per heavy atom. The van der Waals surface area contributed by atoms with Crippen molar-refractivity contribution in [3.8, 4) is 12.3 Å². The molecular formula is C21H17N3O. The van der Waals surface area contributed by atoms with Gasteiger partial charge in [0.25, 0.3) is 5.91 Å². The molecule has 0 saturated heterocycles. The maximum atomic E-state index is 13.1.